The van der Waals surface area contributed by atoms with Crippen LogP contribution in [0.25, 0.3) is 16.8 Å². The Morgan fingerprint density at radius 2 is 1.42 bits per heavy atom. The normalized spacial score (nSPS) is 13.3. The molecule has 0 bridgehead atoms. The highest BCUT2D eigenvalue weighted by molar-refractivity contribution is 6.30. The van der Waals surface area contributed by atoms with Crippen LogP contribution in [-0.2, 0) is 12.0 Å². The summed E-state index contributed by atoms with van der Waals surface area (Å²) in [5, 5.41) is 0.538. The van der Waals surface area contributed by atoms with Gasteiger partial charge in [-0.15, -0.1) is 0 Å². The summed E-state index contributed by atoms with van der Waals surface area (Å²) in [6, 6.07) is 25.2. The van der Waals surface area contributed by atoms with E-state index in [0.29, 0.717) is 21.8 Å². The first-order valence-electron chi connectivity index (χ1n) is 11.7. The number of benzene rings is 3. The minimum Gasteiger partial charge on any atom is -0.271 e. The van der Waals surface area contributed by atoms with E-state index in [1.54, 1.807) is 24.3 Å². The molecule has 36 heavy (non-hydrogen) atoms. The molecule has 4 aromatic rings. The van der Waals surface area contributed by atoms with Crippen molar-refractivity contribution in [1.82, 2.24) is 9.47 Å². The molecule has 1 aliphatic heterocycles. The highest BCUT2D eigenvalue weighted by Crippen LogP contribution is 2.36. The van der Waals surface area contributed by atoms with Crippen molar-refractivity contribution in [3.8, 4) is 16.8 Å². The zero-order valence-corrected chi connectivity index (χ0v) is 21.0. The van der Waals surface area contributed by atoms with E-state index in [2.05, 4.69) is 0 Å². The molecule has 0 saturated heterocycles. The van der Waals surface area contributed by atoms with E-state index >= 15 is 0 Å². The topological polar surface area (TPSA) is 59.4 Å². The summed E-state index contributed by atoms with van der Waals surface area (Å²) in [5.74, 6) is -0.915. The summed E-state index contributed by atoms with van der Waals surface area (Å²) in [4.78, 5) is 42.6. The van der Waals surface area contributed by atoms with Gasteiger partial charge in [0.15, 0.2) is 0 Å². The molecule has 5 nitrogen and oxygen atoms in total. The second kappa shape index (κ2) is 8.92. The number of halogens is 1. The number of nitrogens with zero attached hydrogens (tertiary/aromatic N) is 2. The van der Waals surface area contributed by atoms with Crippen molar-refractivity contribution >= 4 is 23.4 Å². The van der Waals surface area contributed by atoms with Crippen LogP contribution in [0.15, 0.2) is 89.7 Å². The zero-order chi connectivity index (χ0) is 25.6. The number of carbonyl (C=O) groups excluding carboxylic acids is 2. The Labute approximate surface area is 214 Å². The monoisotopic (exact) mass is 496 g/mol. The Morgan fingerprint density at radius 3 is 2.08 bits per heavy atom. The minimum absolute atomic E-state index is 0.0880. The predicted octanol–water partition coefficient (Wildman–Crippen LogP) is 6.25. The summed E-state index contributed by atoms with van der Waals surface area (Å²) in [6.07, 6.45) is 0. The molecule has 6 heteroatoms. The highest BCUT2D eigenvalue weighted by atomic mass is 35.5. The molecule has 180 valence electrons. The number of carbonyl (C=O) groups is 2. The van der Waals surface area contributed by atoms with Crippen molar-refractivity contribution in [2.45, 2.75) is 32.7 Å². The van der Waals surface area contributed by atoms with Crippen LogP contribution in [0.1, 0.15) is 52.7 Å². The van der Waals surface area contributed by atoms with E-state index in [4.69, 9.17) is 11.6 Å². The molecule has 0 unspecified atom stereocenters. The molecule has 0 N–H and O–H groups in total. The molecule has 3 aromatic carbocycles. The molecule has 0 atom stereocenters. The van der Waals surface area contributed by atoms with E-state index in [0.717, 1.165) is 11.1 Å². The van der Waals surface area contributed by atoms with Crippen LogP contribution < -0.4 is 5.56 Å². The number of hydrogen-bond acceptors (Lipinski definition) is 3. The lowest BCUT2D eigenvalue weighted by Gasteiger charge is -2.24. The molecule has 0 saturated carbocycles. The molecule has 1 aromatic heterocycles. The van der Waals surface area contributed by atoms with Gasteiger partial charge in [-0.2, -0.15) is 0 Å². The molecule has 2 amide bonds. The number of amides is 2. The van der Waals surface area contributed by atoms with Crippen molar-refractivity contribution in [2.75, 3.05) is 0 Å². The second-order valence-corrected chi connectivity index (χ2v) is 10.3. The van der Waals surface area contributed by atoms with Crippen molar-refractivity contribution < 1.29 is 9.59 Å². The van der Waals surface area contributed by atoms with Gasteiger partial charge in [0.05, 0.1) is 17.8 Å². The van der Waals surface area contributed by atoms with Gasteiger partial charge in [-0.1, -0.05) is 93.0 Å². The van der Waals surface area contributed by atoms with Gasteiger partial charge in [0.1, 0.15) is 5.69 Å². The summed E-state index contributed by atoms with van der Waals surface area (Å²) in [6.45, 7) is 6.26. The minimum atomic E-state index is -0.490. The first-order valence-corrected chi connectivity index (χ1v) is 12.1. The van der Waals surface area contributed by atoms with Crippen LogP contribution >= 0.6 is 11.6 Å². The van der Waals surface area contributed by atoms with Crippen molar-refractivity contribution in [2.24, 2.45) is 0 Å². The van der Waals surface area contributed by atoms with Crippen LogP contribution in [-0.4, -0.2) is 21.3 Å². The summed E-state index contributed by atoms with van der Waals surface area (Å²) in [7, 11) is 0. The molecule has 2 heterocycles. The Bertz CT molecular complexity index is 1550. The first-order chi connectivity index (χ1) is 17.2. The van der Waals surface area contributed by atoms with Crippen molar-refractivity contribution in [3.05, 3.63) is 123 Å². The fourth-order valence-corrected chi connectivity index (χ4v) is 4.82. The van der Waals surface area contributed by atoms with Gasteiger partial charge < -0.3 is 0 Å². The molecule has 5 rings (SSSR count). The second-order valence-electron chi connectivity index (χ2n) is 9.91. The molecule has 0 aliphatic carbocycles. The van der Waals surface area contributed by atoms with Gasteiger partial charge in [0, 0.05) is 16.7 Å². The van der Waals surface area contributed by atoms with Crippen LogP contribution in [0.3, 0.4) is 0 Å². The van der Waals surface area contributed by atoms with E-state index in [-0.39, 0.29) is 28.8 Å². The Kier molecular flexibility index (Phi) is 5.89. The van der Waals surface area contributed by atoms with E-state index in [1.807, 2.05) is 75.4 Å². The zero-order valence-electron chi connectivity index (χ0n) is 20.3. The summed E-state index contributed by atoms with van der Waals surface area (Å²) in [5.41, 5.74) is 3.02. The van der Waals surface area contributed by atoms with Crippen LogP contribution in [0.2, 0.25) is 5.02 Å². The van der Waals surface area contributed by atoms with Gasteiger partial charge >= 0.3 is 0 Å². The van der Waals surface area contributed by atoms with Crippen molar-refractivity contribution in [1.29, 1.82) is 0 Å². The first kappa shape index (κ1) is 23.8. The standard InChI is InChI=1S/C30H25ClN2O3/c1-30(2,3)23-11-7-8-12-24(23)33-25(34)17-22(20-13-15-21(31)16-14-20)26-27(33)29(36)32(28(26)35)18-19-9-5-4-6-10-19/h4-17H,18H2,1-3H3. The van der Waals surface area contributed by atoms with Gasteiger partial charge in [-0.25, -0.2) is 0 Å². The third-order valence-corrected chi connectivity index (χ3v) is 6.67. The summed E-state index contributed by atoms with van der Waals surface area (Å²) >= 11 is 6.08. The molecular formula is C30H25ClN2O3. The molecular weight excluding hydrogens is 472 g/mol. The number of pyridine rings is 1. The van der Waals surface area contributed by atoms with Crippen molar-refractivity contribution in [3.63, 3.8) is 0 Å². The van der Waals surface area contributed by atoms with Gasteiger partial charge in [0.2, 0.25) is 0 Å². The Balaban J connectivity index is 1.79. The van der Waals surface area contributed by atoms with E-state index in [9.17, 15) is 14.4 Å². The van der Waals surface area contributed by atoms with Crippen LogP contribution in [0.5, 0.6) is 0 Å². The number of imide groups is 1. The number of hydrogen-bond donors (Lipinski definition) is 0. The third kappa shape index (κ3) is 4.06. The Morgan fingerprint density at radius 1 is 0.778 bits per heavy atom. The van der Waals surface area contributed by atoms with Gasteiger partial charge in [0.25, 0.3) is 17.4 Å². The largest absolute Gasteiger partial charge is 0.278 e. The van der Waals surface area contributed by atoms with Crippen LogP contribution in [0, 0.1) is 0 Å². The molecule has 1 aliphatic rings. The lowest BCUT2D eigenvalue weighted by atomic mass is 9.85. The maximum absolute atomic E-state index is 13.9. The molecule has 0 fully saturated rings. The lowest BCUT2D eigenvalue weighted by Crippen LogP contribution is -2.31. The predicted molar refractivity (Wildman–Crippen MR) is 142 cm³/mol. The third-order valence-electron chi connectivity index (χ3n) is 6.42. The van der Waals surface area contributed by atoms with Gasteiger partial charge in [-0.05, 0) is 40.3 Å². The molecule has 0 radical (unpaired) electrons. The SMILES string of the molecule is CC(C)(C)c1ccccc1-n1c2c(c(-c3ccc(Cl)cc3)cc1=O)C(=O)N(Cc1ccccc1)C2=O. The van der Waals surface area contributed by atoms with Gasteiger partial charge in [-0.3, -0.25) is 23.9 Å². The lowest BCUT2D eigenvalue weighted by molar-refractivity contribution is 0.0639. The van der Waals surface area contributed by atoms with E-state index in [1.165, 1.54) is 15.5 Å². The maximum Gasteiger partial charge on any atom is 0.278 e. The number of aromatic nitrogens is 1. The molecule has 0 spiro atoms. The number of fused-ring (bicyclic) bond motifs is 1. The number of para-hydroxylation sites is 1. The number of rotatable bonds is 4. The smallest absolute Gasteiger partial charge is 0.271 e. The van der Waals surface area contributed by atoms with E-state index < -0.39 is 11.8 Å². The highest BCUT2D eigenvalue weighted by Gasteiger charge is 2.41. The average Bonchev–Trinajstić information content (AvgIpc) is 3.09. The van der Waals surface area contributed by atoms with Crippen LogP contribution in [0.4, 0.5) is 0 Å². The quantitative estimate of drug-likeness (QED) is 0.314. The fraction of sp³-hybridized carbons (Fsp3) is 0.167. The summed E-state index contributed by atoms with van der Waals surface area (Å²) < 4.78 is 1.40. The fourth-order valence-electron chi connectivity index (χ4n) is 4.69. The maximum atomic E-state index is 13.9. The Hall–Kier alpha value is -3.96. The average molecular weight is 497 g/mol.